The van der Waals surface area contributed by atoms with Gasteiger partial charge in [0.25, 0.3) is 5.13 Å². The van der Waals surface area contributed by atoms with Crippen molar-refractivity contribution in [3.8, 4) is 0 Å². The fourth-order valence-corrected chi connectivity index (χ4v) is 5.23. The second-order valence-corrected chi connectivity index (χ2v) is 11.1. The molecule has 2 unspecified atom stereocenters. The molecule has 0 saturated carbocycles. The number of hydrogen-bond donors (Lipinski definition) is 1. The maximum absolute atomic E-state index is 12.8. The van der Waals surface area contributed by atoms with Crippen LogP contribution in [-0.2, 0) is 21.2 Å². The van der Waals surface area contributed by atoms with Crippen molar-refractivity contribution >= 4 is 49.5 Å². The Bertz CT molecular complexity index is 1230. The van der Waals surface area contributed by atoms with Crippen LogP contribution in [0.2, 0.25) is 0 Å². The lowest BCUT2D eigenvalue weighted by Crippen LogP contribution is -2.35. The monoisotopic (exact) mass is 548 g/mol. The summed E-state index contributed by atoms with van der Waals surface area (Å²) in [6.07, 6.45) is -2.21. The van der Waals surface area contributed by atoms with Crippen LogP contribution in [-0.4, -0.2) is 55.7 Å². The summed E-state index contributed by atoms with van der Waals surface area (Å²) in [7, 11) is -2.91. The molecule has 0 bridgehead atoms. The Hall–Kier alpha value is -2.81. The number of nitrogens with one attached hydrogen (secondary N) is 1. The van der Waals surface area contributed by atoms with E-state index in [0.717, 1.165) is 29.7 Å². The lowest BCUT2D eigenvalue weighted by molar-refractivity contribution is -0.106. The van der Waals surface area contributed by atoms with Gasteiger partial charge in [0.1, 0.15) is 5.69 Å². The quantitative estimate of drug-likeness (QED) is 0.330. The number of nitrogens with zero attached hydrogens (tertiary/aromatic N) is 5. The summed E-state index contributed by atoms with van der Waals surface area (Å²) in [5.41, 5.74) is 1.42. The number of esters is 1. The Morgan fingerprint density at radius 3 is 2.67 bits per heavy atom. The molecule has 0 saturated heterocycles. The number of carbonyl (C=O) groups is 1. The number of aryl methyl sites for hydroxylation is 1. The van der Waals surface area contributed by atoms with Crippen molar-refractivity contribution in [1.29, 1.82) is 0 Å². The Labute approximate surface area is 211 Å². The van der Waals surface area contributed by atoms with Crippen molar-refractivity contribution < 1.29 is 31.1 Å². The van der Waals surface area contributed by atoms with Gasteiger partial charge in [-0.15, -0.1) is 20.4 Å². The average molecular weight is 549 g/mol. The van der Waals surface area contributed by atoms with E-state index in [9.17, 15) is 26.4 Å². The Morgan fingerprint density at radius 2 is 2.03 bits per heavy atom. The predicted molar refractivity (Wildman–Crippen MR) is 130 cm³/mol. The van der Waals surface area contributed by atoms with Crippen LogP contribution in [0.1, 0.15) is 55.4 Å². The van der Waals surface area contributed by atoms with E-state index in [0.29, 0.717) is 18.5 Å². The maximum Gasteiger partial charge on any atom is 0.404 e. The molecule has 36 heavy (non-hydrogen) atoms. The molecule has 1 aromatic carbocycles. The van der Waals surface area contributed by atoms with Crippen LogP contribution >= 0.6 is 11.3 Å². The van der Waals surface area contributed by atoms with Crippen LogP contribution in [0.3, 0.4) is 0 Å². The number of fused-ring (bicyclic) bond motifs is 1. The molecular formula is C21H27F3N6O4S2. The van der Waals surface area contributed by atoms with E-state index in [2.05, 4.69) is 20.4 Å². The highest BCUT2D eigenvalue weighted by Gasteiger charge is 2.36. The summed E-state index contributed by atoms with van der Waals surface area (Å²) in [6.45, 7) is 5.62. The van der Waals surface area contributed by atoms with Crippen LogP contribution in [0.15, 0.2) is 22.4 Å². The number of anilines is 2. The largest absolute Gasteiger partial charge is 0.457 e. The van der Waals surface area contributed by atoms with Crippen molar-refractivity contribution in [3.05, 3.63) is 22.7 Å². The van der Waals surface area contributed by atoms with E-state index in [-0.39, 0.29) is 33.7 Å². The number of azo groups is 1. The van der Waals surface area contributed by atoms with E-state index in [4.69, 9.17) is 4.74 Å². The van der Waals surface area contributed by atoms with Gasteiger partial charge < -0.3 is 9.64 Å². The van der Waals surface area contributed by atoms with Gasteiger partial charge in [-0.2, -0.15) is 13.2 Å². The molecule has 10 nitrogen and oxygen atoms in total. The van der Waals surface area contributed by atoms with Crippen LogP contribution in [0.4, 0.5) is 35.4 Å². The number of sulfonamides is 1. The summed E-state index contributed by atoms with van der Waals surface area (Å²) in [5, 5.41) is 15.4. The number of alkyl halides is 3. The first-order chi connectivity index (χ1) is 16.8. The van der Waals surface area contributed by atoms with Gasteiger partial charge in [0.2, 0.25) is 15.0 Å². The minimum absolute atomic E-state index is 0.00362. The number of halogens is 3. The molecule has 15 heteroatoms. The van der Waals surface area contributed by atoms with Crippen molar-refractivity contribution in [2.24, 2.45) is 10.2 Å². The highest BCUT2D eigenvalue weighted by atomic mass is 32.2. The third kappa shape index (κ3) is 7.12. The minimum atomic E-state index is -4.92. The van der Waals surface area contributed by atoms with Gasteiger partial charge in [-0.05, 0) is 50.3 Å². The number of benzene rings is 1. The van der Waals surface area contributed by atoms with E-state index < -0.39 is 27.9 Å². The van der Waals surface area contributed by atoms with Gasteiger partial charge in [-0.25, -0.2) is 13.2 Å². The SMILES string of the molecule is CCC(C)OC(=O)c1nnc(N=Nc2cc3c(cc2NS(=O)(=O)CC(F)(F)F)N(C)C(CC)CC3)s1. The Kier molecular flexibility index (Phi) is 8.54. The lowest BCUT2D eigenvalue weighted by Gasteiger charge is -2.36. The van der Waals surface area contributed by atoms with Crippen LogP contribution in [0.25, 0.3) is 0 Å². The maximum atomic E-state index is 12.8. The number of carbonyl (C=O) groups excluding carboxylic acids is 1. The third-order valence-electron chi connectivity index (χ3n) is 5.68. The highest BCUT2D eigenvalue weighted by Crippen LogP contribution is 2.40. The molecule has 1 aliphatic rings. The topological polar surface area (TPSA) is 126 Å². The summed E-state index contributed by atoms with van der Waals surface area (Å²) in [6, 6.07) is 3.26. The number of rotatable bonds is 9. The van der Waals surface area contributed by atoms with Crippen LogP contribution < -0.4 is 9.62 Å². The van der Waals surface area contributed by atoms with Gasteiger partial charge in [-0.3, -0.25) is 4.72 Å². The normalized spacial score (nSPS) is 17.2. The average Bonchev–Trinajstić information content (AvgIpc) is 3.25. The summed E-state index contributed by atoms with van der Waals surface area (Å²) < 4.78 is 70.0. The van der Waals surface area contributed by atoms with E-state index in [1.807, 2.05) is 30.5 Å². The van der Waals surface area contributed by atoms with Gasteiger partial charge in [-0.1, -0.05) is 25.2 Å². The first-order valence-corrected chi connectivity index (χ1v) is 13.7. The molecule has 1 aromatic heterocycles. The molecule has 3 rings (SSSR count). The molecular weight excluding hydrogens is 521 g/mol. The van der Waals surface area contributed by atoms with E-state index >= 15 is 0 Å². The molecule has 0 spiro atoms. The predicted octanol–water partition coefficient (Wildman–Crippen LogP) is 5.37. The minimum Gasteiger partial charge on any atom is -0.457 e. The summed E-state index contributed by atoms with van der Waals surface area (Å²) in [4.78, 5) is 14.1. The first-order valence-electron chi connectivity index (χ1n) is 11.2. The lowest BCUT2D eigenvalue weighted by atomic mass is 9.94. The van der Waals surface area contributed by atoms with Crippen molar-refractivity contribution in [2.45, 2.75) is 64.8 Å². The Balaban J connectivity index is 1.94. The van der Waals surface area contributed by atoms with Crippen molar-refractivity contribution in [2.75, 3.05) is 22.4 Å². The molecule has 1 N–H and O–H groups in total. The number of aromatic nitrogens is 2. The molecule has 2 atom stereocenters. The zero-order valence-electron chi connectivity index (χ0n) is 20.2. The number of ether oxygens (including phenoxy) is 1. The number of hydrogen-bond acceptors (Lipinski definition) is 10. The molecule has 0 radical (unpaired) electrons. The van der Waals surface area contributed by atoms with Crippen LogP contribution in [0.5, 0.6) is 0 Å². The fourth-order valence-electron chi connectivity index (χ4n) is 3.67. The molecule has 2 aromatic rings. The molecule has 0 fully saturated rings. The molecule has 1 aliphatic heterocycles. The highest BCUT2D eigenvalue weighted by molar-refractivity contribution is 7.92. The third-order valence-corrected chi connectivity index (χ3v) is 7.70. The summed E-state index contributed by atoms with van der Waals surface area (Å²) >= 11 is 0.819. The van der Waals surface area contributed by atoms with E-state index in [1.165, 1.54) is 6.07 Å². The molecule has 2 heterocycles. The van der Waals surface area contributed by atoms with Crippen LogP contribution in [0, 0.1) is 0 Å². The smallest absolute Gasteiger partial charge is 0.404 e. The van der Waals surface area contributed by atoms with Crippen molar-refractivity contribution in [1.82, 2.24) is 10.2 Å². The second kappa shape index (κ2) is 11.1. The van der Waals surface area contributed by atoms with E-state index in [1.54, 1.807) is 13.0 Å². The molecule has 198 valence electrons. The first kappa shape index (κ1) is 27.8. The zero-order valence-corrected chi connectivity index (χ0v) is 21.8. The molecule has 0 amide bonds. The second-order valence-electron chi connectivity index (χ2n) is 8.40. The molecule has 0 aliphatic carbocycles. The zero-order chi connectivity index (χ0) is 26.7. The summed E-state index contributed by atoms with van der Waals surface area (Å²) in [5.74, 6) is -2.70. The van der Waals surface area contributed by atoms with Crippen molar-refractivity contribution in [3.63, 3.8) is 0 Å². The van der Waals surface area contributed by atoms with Gasteiger partial charge in [0.15, 0.2) is 5.75 Å². The standard InChI is InChI=1S/C21H27F3N6O4S2/c1-5-12(3)34-19(31)18-26-28-20(35-18)27-25-15-9-13-7-8-14(6-2)30(4)17(13)10-16(15)29-36(32,33)11-21(22,23)24/h9-10,12,14,29H,5-8,11H2,1-4H3. The Morgan fingerprint density at radius 1 is 1.31 bits per heavy atom. The van der Waals surface area contributed by atoms with Gasteiger partial charge >= 0.3 is 12.1 Å². The van der Waals surface area contributed by atoms with Gasteiger partial charge in [0, 0.05) is 18.8 Å². The fraction of sp³-hybridized carbons (Fsp3) is 0.571. The van der Waals surface area contributed by atoms with Gasteiger partial charge in [0.05, 0.1) is 11.8 Å².